The van der Waals surface area contributed by atoms with Crippen molar-refractivity contribution < 1.29 is 30.8 Å². The van der Waals surface area contributed by atoms with Crippen LogP contribution in [0.3, 0.4) is 0 Å². The van der Waals surface area contributed by atoms with E-state index in [1.807, 2.05) is 0 Å². The Bertz CT molecular complexity index is 991. The van der Waals surface area contributed by atoms with Gasteiger partial charge in [-0.15, -0.1) is 0 Å². The number of rotatable bonds is 5. The first-order valence-electron chi connectivity index (χ1n) is 8.81. The van der Waals surface area contributed by atoms with Gasteiger partial charge in [0.1, 0.15) is 11.9 Å². The van der Waals surface area contributed by atoms with Gasteiger partial charge in [-0.05, 0) is 42.7 Å². The number of halogens is 4. The number of hydrogen-bond donors (Lipinski definition) is 1. The molecule has 10 heteroatoms. The van der Waals surface area contributed by atoms with Crippen LogP contribution in [0.4, 0.5) is 17.6 Å². The number of carbonyl (C=O) groups is 1. The summed E-state index contributed by atoms with van der Waals surface area (Å²) in [5.74, 6) is -1.05. The number of nitrogens with one attached hydrogen (secondary N) is 1. The molecule has 0 saturated carbocycles. The lowest BCUT2D eigenvalue weighted by atomic mass is 10.2. The molecular formula is C19H18F4N2O3S. The Hall–Kier alpha value is -2.46. The second kappa shape index (κ2) is 8.11. The van der Waals surface area contributed by atoms with E-state index in [-0.39, 0.29) is 19.5 Å². The molecule has 0 aromatic heterocycles. The van der Waals surface area contributed by atoms with Crippen LogP contribution in [-0.2, 0) is 27.5 Å². The third kappa shape index (κ3) is 4.59. The molecule has 0 bridgehead atoms. The molecule has 0 radical (unpaired) electrons. The van der Waals surface area contributed by atoms with Gasteiger partial charge in [-0.3, -0.25) is 4.79 Å². The molecule has 0 unspecified atom stereocenters. The summed E-state index contributed by atoms with van der Waals surface area (Å²) in [7, 11) is -4.53. The van der Waals surface area contributed by atoms with E-state index >= 15 is 0 Å². The standard InChI is InChI=1S/C19H18F4N2O3S/c20-14-9-7-13(8-10-14)12-24-18(26)16-5-3-11-25(16)29(27,28)17-6-2-1-4-15(17)19(21,22)23/h1-2,4,6-10,16H,3,5,11-12H2,(H,24,26)/t16-/m1/s1. The van der Waals surface area contributed by atoms with Crippen LogP contribution in [0, 0.1) is 5.82 Å². The van der Waals surface area contributed by atoms with Crippen molar-refractivity contribution in [2.75, 3.05) is 6.54 Å². The molecule has 1 heterocycles. The fourth-order valence-corrected chi connectivity index (χ4v) is 5.12. The maximum Gasteiger partial charge on any atom is 0.417 e. The van der Waals surface area contributed by atoms with Gasteiger partial charge < -0.3 is 5.32 Å². The van der Waals surface area contributed by atoms with E-state index in [0.29, 0.717) is 18.1 Å². The van der Waals surface area contributed by atoms with Crippen LogP contribution in [0.5, 0.6) is 0 Å². The Kier molecular flexibility index (Phi) is 5.95. The highest BCUT2D eigenvalue weighted by Gasteiger charge is 2.43. The Morgan fingerprint density at radius 1 is 1.10 bits per heavy atom. The highest BCUT2D eigenvalue weighted by Crippen LogP contribution is 2.36. The molecule has 5 nitrogen and oxygen atoms in total. The zero-order valence-corrected chi connectivity index (χ0v) is 15.9. The average Bonchev–Trinajstić information content (AvgIpc) is 3.17. The van der Waals surface area contributed by atoms with Crippen molar-refractivity contribution in [3.05, 3.63) is 65.5 Å². The predicted octanol–water partition coefficient (Wildman–Crippen LogP) is 3.31. The van der Waals surface area contributed by atoms with Crippen LogP contribution in [0.1, 0.15) is 24.0 Å². The normalized spacial score (nSPS) is 18.0. The lowest BCUT2D eigenvalue weighted by Gasteiger charge is -2.25. The van der Waals surface area contributed by atoms with E-state index in [9.17, 15) is 30.8 Å². The molecule has 2 aromatic rings. The molecular weight excluding hydrogens is 412 g/mol. The molecule has 2 aromatic carbocycles. The van der Waals surface area contributed by atoms with Crippen molar-refractivity contribution in [2.24, 2.45) is 0 Å². The topological polar surface area (TPSA) is 66.5 Å². The van der Waals surface area contributed by atoms with Crippen molar-refractivity contribution in [3.63, 3.8) is 0 Å². The van der Waals surface area contributed by atoms with E-state index in [1.54, 1.807) is 0 Å². The highest BCUT2D eigenvalue weighted by atomic mass is 32.2. The first-order chi connectivity index (χ1) is 13.6. The summed E-state index contributed by atoms with van der Waals surface area (Å²) < 4.78 is 79.4. The molecule has 1 N–H and O–H groups in total. The Balaban J connectivity index is 1.81. The van der Waals surface area contributed by atoms with Crippen molar-refractivity contribution in [1.82, 2.24) is 9.62 Å². The third-order valence-corrected chi connectivity index (χ3v) is 6.63. The van der Waals surface area contributed by atoms with Gasteiger partial charge in [0.25, 0.3) is 0 Å². The van der Waals surface area contributed by atoms with Crippen LogP contribution in [0.2, 0.25) is 0 Å². The minimum absolute atomic E-state index is 0.0443. The van der Waals surface area contributed by atoms with Crippen LogP contribution < -0.4 is 5.32 Å². The Morgan fingerprint density at radius 2 is 1.76 bits per heavy atom. The zero-order valence-electron chi connectivity index (χ0n) is 15.1. The number of benzene rings is 2. The second-order valence-corrected chi connectivity index (χ2v) is 8.47. The van der Waals surface area contributed by atoms with E-state index in [4.69, 9.17) is 0 Å². The smallest absolute Gasteiger partial charge is 0.351 e. The largest absolute Gasteiger partial charge is 0.417 e. The molecule has 156 valence electrons. The number of sulfonamides is 1. The third-order valence-electron chi connectivity index (χ3n) is 4.67. The summed E-state index contributed by atoms with van der Waals surface area (Å²) >= 11 is 0. The zero-order chi connectivity index (χ0) is 21.2. The molecule has 1 saturated heterocycles. The van der Waals surface area contributed by atoms with Gasteiger partial charge in [0.15, 0.2) is 0 Å². The van der Waals surface area contributed by atoms with Crippen LogP contribution in [0.15, 0.2) is 53.4 Å². The summed E-state index contributed by atoms with van der Waals surface area (Å²) in [6.45, 7) is -0.00814. The van der Waals surface area contributed by atoms with Gasteiger partial charge in [-0.2, -0.15) is 17.5 Å². The lowest BCUT2D eigenvalue weighted by molar-refractivity contribution is -0.139. The molecule has 3 rings (SSSR count). The second-order valence-electron chi connectivity index (χ2n) is 6.61. The van der Waals surface area contributed by atoms with Gasteiger partial charge in [-0.25, -0.2) is 12.8 Å². The van der Waals surface area contributed by atoms with E-state index in [1.165, 1.54) is 30.3 Å². The predicted molar refractivity (Wildman–Crippen MR) is 96.6 cm³/mol. The summed E-state index contributed by atoms with van der Waals surface area (Å²) in [5.41, 5.74) is -0.660. The van der Waals surface area contributed by atoms with Gasteiger partial charge in [0.05, 0.1) is 10.5 Å². The highest BCUT2D eigenvalue weighted by molar-refractivity contribution is 7.89. The number of carbonyl (C=O) groups excluding carboxylic acids is 1. The maximum absolute atomic E-state index is 13.3. The minimum atomic E-state index is -4.84. The SMILES string of the molecule is O=C(NCc1ccc(F)cc1)[C@H]1CCCN1S(=O)(=O)c1ccccc1C(F)(F)F. The van der Waals surface area contributed by atoms with Crippen LogP contribution >= 0.6 is 0 Å². The molecule has 1 fully saturated rings. The Labute approximate surface area is 165 Å². The van der Waals surface area contributed by atoms with Gasteiger partial charge in [0, 0.05) is 13.1 Å². The number of amides is 1. The first-order valence-corrected chi connectivity index (χ1v) is 10.2. The van der Waals surface area contributed by atoms with Crippen LogP contribution in [0.25, 0.3) is 0 Å². The van der Waals surface area contributed by atoms with Crippen molar-refractivity contribution in [3.8, 4) is 0 Å². The van der Waals surface area contributed by atoms with E-state index in [0.717, 1.165) is 16.4 Å². The summed E-state index contributed by atoms with van der Waals surface area (Å²) in [5, 5.41) is 2.57. The number of nitrogens with zero attached hydrogens (tertiary/aromatic N) is 1. The van der Waals surface area contributed by atoms with Crippen LogP contribution in [-0.4, -0.2) is 31.2 Å². The fourth-order valence-electron chi connectivity index (χ4n) is 3.25. The van der Waals surface area contributed by atoms with Gasteiger partial charge in [0.2, 0.25) is 15.9 Å². The number of hydrogen-bond acceptors (Lipinski definition) is 3. The van der Waals surface area contributed by atoms with Crippen molar-refractivity contribution >= 4 is 15.9 Å². The molecule has 0 spiro atoms. The Morgan fingerprint density at radius 3 is 2.41 bits per heavy atom. The molecule has 29 heavy (non-hydrogen) atoms. The molecule has 1 aliphatic heterocycles. The average molecular weight is 430 g/mol. The monoisotopic (exact) mass is 430 g/mol. The number of alkyl halides is 3. The summed E-state index contributed by atoms with van der Waals surface area (Å²) in [6, 6.07) is 8.19. The summed E-state index contributed by atoms with van der Waals surface area (Å²) in [4.78, 5) is 11.7. The minimum Gasteiger partial charge on any atom is -0.351 e. The lowest BCUT2D eigenvalue weighted by Crippen LogP contribution is -2.46. The van der Waals surface area contributed by atoms with E-state index in [2.05, 4.69) is 5.32 Å². The van der Waals surface area contributed by atoms with Crippen molar-refractivity contribution in [1.29, 1.82) is 0 Å². The van der Waals surface area contributed by atoms with Gasteiger partial charge >= 0.3 is 6.18 Å². The van der Waals surface area contributed by atoms with Crippen molar-refractivity contribution in [2.45, 2.75) is 36.5 Å². The first kappa shape index (κ1) is 21.3. The molecule has 0 aliphatic carbocycles. The molecule has 1 atom stereocenters. The van der Waals surface area contributed by atoms with Gasteiger partial charge in [-0.1, -0.05) is 24.3 Å². The quantitative estimate of drug-likeness (QED) is 0.741. The molecule has 1 amide bonds. The maximum atomic E-state index is 13.3. The molecule has 1 aliphatic rings. The van der Waals surface area contributed by atoms with E-state index < -0.39 is 44.4 Å². The summed E-state index contributed by atoms with van der Waals surface area (Å²) in [6.07, 6.45) is -4.30. The fraction of sp³-hybridized carbons (Fsp3) is 0.316.